The first kappa shape index (κ1) is 13.0. The third kappa shape index (κ3) is 2.88. The van der Waals surface area contributed by atoms with Crippen LogP contribution in [0.1, 0.15) is 18.3 Å². The molecule has 0 amide bonds. The third-order valence-corrected chi connectivity index (χ3v) is 2.69. The van der Waals surface area contributed by atoms with Gasteiger partial charge in [0, 0.05) is 30.5 Å². The first-order valence-electron chi connectivity index (χ1n) is 5.85. The molecule has 1 N–H and O–H groups in total. The standard InChI is InChI=1S/C14H13FN2O2/c1-2-13-16-7-8-17(13)12-5-4-11(15)9-10(12)3-6-14(18)19/h3-9H,2H2,1H3,(H,18,19). The molecule has 2 aromatic rings. The van der Waals surface area contributed by atoms with E-state index in [-0.39, 0.29) is 0 Å². The van der Waals surface area contributed by atoms with Gasteiger partial charge in [0.05, 0.1) is 5.69 Å². The van der Waals surface area contributed by atoms with Gasteiger partial charge in [-0.3, -0.25) is 0 Å². The second-order valence-electron chi connectivity index (χ2n) is 3.94. The molecule has 1 aromatic carbocycles. The Bertz CT molecular complexity index is 632. The number of hydrogen-bond acceptors (Lipinski definition) is 2. The lowest BCUT2D eigenvalue weighted by Crippen LogP contribution is -2.01. The zero-order valence-corrected chi connectivity index (χ0v) is 10.4. The van der Waals surface area contributed by atoms with Crippen molar-refractivity contribution in [3.05, 3.63) is 53.9 Å². The summed E-state index contributed by atoms with van der Waals surface area (Å²) >= 11 is 0. The lowest BCUT2D eigenvalue weighted by Gasteiger charge is -2.10. The maximum Gasteiger partial charge on any atom is 0.328 e. The Balaban J connectivity index is 2.54. The Morgan fingerprint density at radius 2 is 2.32 bits per heavy atom. The van der Waals surface area contributed by atoms with Crippen molar-refractivity contribution in [1.29, 1.82) is 0 Å². The molecule has 98 valence electrons. The van der Waals surface area contributed by atoms with Crippen LogP contribution >= 0.6 is 0 Å². The summed E-state index contributed by atoms with van der Waals surface area (Å²) in [6, 6.07) is 4.25. The van der Waals surface area contributed by atoms with E-state index in [1.807, 2.05) is 11.5 Å². The molecule has 0 aliphatic rings. The molecule has 0 unspecified atom stereocenters. The van der Waals surface area contributed by atoms with E-state index in [2.05, 4.69) is 4.98 Å². The molecule has 5 heteroatoms. The summed E-state index contributed by atoms with van der Waals surface area (Å²) in [6.45, 7) is 1.97. The number of nitrogens with zero attached hydrogens (tertiary/aromatic N) is 2. The van der Waals surface area contributed by atoms with Gasteiger partial charge in [-0.05, 0) is 24.3 Å². The lowest BCUT2D eigenvalue weighted by molar-refractivity contribution is -0.131. The molecule has 19 heavy (non-hydrogen) atoms. The number of rotatable bonds is 4. The van der Waals surface area contributed by atoms with Gasteiger partial charge in [0.15, 0.2) is 0 Å². The predicted octanol–water partition coefficient (Wildman–Crippen LogP) is 2.67. The number of carboxylic acid groups (broad SMARTS) is 1. The van der Waals surface area contributed by atoms with Gasteiger partial charge in [-0.2, -0.15) is 0 Å². The number of aromatic nitrogens is 2. The second-order valence-corrected chi connectivity index (χ2v) is 3.94. The Kier molecular flexibility index (Phi) is 3.75. The van der Waals surface area contributed by atoms with Crippen molar-refractivity contribution in [3.63, 3.8) is 0 Å². The van der Waals surface area contributed by atoms with E-state index in [0.29, 0.717) is 11.3 Å². The number of carbonyl (C=O) groups is 1. The molecule has 0 fully saturated rings. The summed E-state index contributed by atoms with van der Waals surface area (Å²) in [5.41, 5.74) is 1.20. The first-order chi connectivity index (χ1) is 9.11. The van der Waals surface area contributed by atoms with Crippen molar-refractivity contribution in [2.24, 2.45) is 0 Å². The predicted molar refractivity (Wildman–Crippen MR) is 69.6 cm³/mol. The van der Waals surface area contributed by atoms with E-state index in [4.69, 9.17) is 5.11 Å². The molecule has 4 nitrogen and oxygen atoms in total. The van der Waals surface area contributed by atoms with E-state index >= 15 is 0 Å². The summed E-state index contributed by atoms with van der Waals surface area (Å²) in [7, 11) is 0. The van der Waals surface area contributed by atoms with Crippen molar-refractivity contribution in [2.45, 2.75) is 13.3 Å². The summed E-state index contributed by atoms with van der Waals surface area (Å²) < 4.78 is 15.1. The number of aliphatic carboxylic acids is 1. The summed E-state index contributed by atoms with van der Waals surface area (Å²) in [4.78, 5) is 14.8. The van der Waals surface area contributed by atoms with E-state index in [9.17, 15) is 9.18 Å². The summed E-state index contributed by atoms with van der Waals surface area (Å²) in [5, 5.41) is 8.67. The Labute approximate surface area is 109 Å². The SMILES string of the molecule is CCc1nccn1-c1ccc(F)cc1C=CC(=O)O. The Morgan fingerprint density at radius 1 is 1.53 bits per heavy atom. The average Bonchev–Trinajstić information content (AvgIpc) is 2.84. The molecule has 0 radical (unpaired) electrons. The van der Waals surface area contributed by atoms with Crippen LogP contribution in [0.4, 0.5) is 4.39 Å². The molecule has 0 saturated heterocycles. The van der Waals surface area contributed by atoms with Gasteiger partial charge >= 0.3 is 5.97 Å². The van der Waals surface area contributed by atoms with Crippen LogP contribution in [0.5, 0.6) is 0 Å². The highest BCUT2D eigenvalue weighted by Gasteiger charge is 2.08. The van der Waals surface area contributed by atoms with Gasteiger partial charge in [0.25, 0.3) is 0 Å². The van der Waals surface area contributed by atoms with Crippen molar-refractivity contribution in [1.82, 2.24) is 9.55 Å². The monoisotopic (exact) mass is 260 g/mol. The van der Waals surface area contributed by atoms with Crippen LogP contribution in [0.15, 0.2) is 36.7 Å². The Morgan fingerprint density at radius 3 is 3.00 bits per heavy atom. The van der Waals surface area contributed by atoms with Crippen LogP contribution in [0, 0.1) is 5.82 Å². The quantitative estimate of drug-likeness (QED) is 0.860. The van der Waals surface area contributed by atoms with E-state index in [0.717, 1.165) is 18.3 Å². The number of hydrogen-bond donors (Lipinski definition) is 1. The minimum absolute atomic E-state index is 0.410. The summed E-state index contributed by atoms with van der Waals surface area (Å²) in [5.74, 6) is -0.653. The van der Waals surface area contributed by atoms with Gasteiger partial charge < -0.3 is 9.67 Å². The lowest BCUT2D eigenvalue weighted by atomic mass is 10.1. The Hall–Kier alpha value is -2.43. The molecular weight excluding hydrogens is 247 g/mol. The third-order valence-electron chi connectivity index (χ3n) is 2.69. The van der Waals surface area contributed by atoms with Crippen LogP contribution in [-0.4, -0.2) is 20.6 Å². The molecular formula is C14H13FN2O2. The van der Waals surface area contributed by atoms with E-state index in [1.54, 1.807) is 18.5 Å². The first-order valence-corrected chi connectivity index (χ1v) is 5.85. The number of benzene rings is 1. The number of aryl methyl sites for hydroxylation is 1. The van der Waals surface area contributed by atoms with Crippen molar-refractivity contribution < 1.29 is 14.3 Å². The normalized spacial score (nSPS) is 11.1. The van der Waals surface area contributed by atoms with Crippen LogP contribution in [0.25, 0.3) is 11.8 Å². The zero-order chi connectivity index (χ0) is 13.8. The highest BCUT2D eigenvalue weighted by molar-refractivity contribution is 5.86. The van der Waals surface area contributed by atoms with Gasteiger partial charge in [-0.15, -0.1) is 0 Å². The fourth-order valence-corrected chi connectivity index (χ4v) is 1.85. The topological polar surface area (TPSA) is 55.1 Å². The highest BCUT2D eigenvalue weighted by Crippen LogP contribution is 2.19. The van der Waals surface area contributed by atoms with Gasteiger partial charge in [0.2, 0.25) is 0 Å². The fourth-order valence-electron chi connectivity index (χ4n) is 1.85. The molecule has 0 aliphatic heterocycles. The molecule has 1 aromatic heterocycles. The minimum Gasteiger partial charge on any atom is -0.478 e. The fraction of sp³-hybridized carbons (Fsp3) is 0.143. The maximum atomic E-state index is 13.3. The summed E-state index contributed by atoms with van der Waals surface area (Å²) in [6.07, 6.45) is 6.52. The molecule has 1 heterocycles. The zero-order valence-electron chi connectivity index (χ0n) is 10.4. The van der Waals surface area contributed by atoms with E-state index in [1.165, 1.54) is 18.2 Å². The van der Waals surface area contributed by atoms with Crippen LogP contribution in [-0.2, 0) is 11.2 Å². The number of imidazole rings is 1. The molecule has 0 aliphatic carbocycles. The molecule has 0 saturated carbocycles. The molecule has 0 atom stereocenters. The van der Waals surface area contributed by atoms with E-state index < -0.39 is 11.8 Å². The van der Waals surface area contributed by atoms with Gasteiger partial charge in [-0.25, -0.2) is 14.2 Å². The van der Waals surface area contributed by atoms with Crippen molar-refractivity contribution >= 4 is 12.0 Å². The van der Waals surface area contributed by atoms with Crippen LogP contribution < -0.4 is 0 Å². The number of carboxylic acids is 1. The molecule has 0 bridgehead atoms. The maximum absolute atomic E-state index is 13.3. The highest BCUT2D eigenvalue weighted by atomic mass is 19.1. The molecule has 2 rings (SSSR count). The second kappa shape index (κ2) is 5.48. The number of halogens is 1. The van der Waals surface area contributed by atoms with Crippen LogP contribution in [0.3, 0.4) is 0 Å². The van der Waals surface area contributed by atoms with Gasteiger partial charge in [-0.1, -0.05) is 6.92 Å². The average molecular weight is 260 g/mol. The van der Waals surface area contributed by atoms with Gasteiger partial charge in [0.1, 0.15) is 11.6 Å². The van der Waals surface area contributed by atoms with Crippen molar-refractivity contribution in [2.75, 3.05) is 0 Å². The van der Waals surface area contributed by atoms with Crippen LogP contribution in [0.2, 0.25) is 0 Å². The largest absolute Gasteiger partial charge is 0.478 e. The van der Waals surface area contributed by atoms with Crippen molar-refractivity contribution in [3.8, 4) is 5.69 Å². The molecule has 0 spiro atoms. The minimum atomic E-state index is -1.07. The smallest absolute Gasteiger partial charge is 0.328 e.